The molecule has 1 aromatic rings. The van der Waals surface area contributed by atoms with Crippen molar-refractivity contribution in [2.75, 3.05) is 7.05 Å². The van der Waals surface area contributed by atoms with Crippen LogP contribution >= 0.6 is 0 Å². The van der Waals surface area contributed by atoms with Crippen molar-refractivity contribution < 1.29 is 4.39 Å². The predicted octanol–water partition coefficient (Wildman–Crippen LogP) is 2.15. The standard InChI is InChI=1S/C11H13FN2/c1-11(2,14-3)9-4-5-10(12)8(6-9)7-13/h4-6,14H,1-3H3. The van der Waals surface area contributed by atoms with Crippen LogP contribution in [0.5, 0.6) is 0 Å². The SMILES string of the molecule is CNC(C)(C)c1ccc(F)c(C#N)c1. The maximum absolute atomic E-state index is 13.0. The Morgan fingerprint density at radius 3 is 2.57 bits per heavy atom. The van der Waals surface area contributed by atoms with Crippen LogP contribution in [0.2, 0.25) is 0 Å². The van der Waals surface area contributed by atoms with Crippen LogP contribution in [0.15, 0.2) is 18.2 Å². The topological polar surface area (TPSA) is 35.8 Å². The zero-order valence-electron chi connectivity index (χ0n) is 8.56. The number of hydrogen-bond acceptors (Lipinski definition) is 2. The van der Waals surface area contributed by atoms with Crippen molar-refractivity contribution in [3.8, 4) is 6.07 Å². The third-order valence-electron chi connectivity index (χ3n) is 2.43. The van der Waals surface area contributed by atoms with Gasteiger partial charge in [0.05, 0.1) is 5.56 Å². The molecule has 14 heavy (non-hydrogen) atoms. The Balaban J connectivity index is 3.21. The molecule has 0 saturated heterocycles. The van der Waals surface area contributed by atoms with E-state index in [1.54, 1.807) is 12.1 Å². The highest BCUT2D eigenvalue weighted by Gasteiger charge is 2.18. The first-order valence-electron chi connectivity index (χ1n) is 4.40. The smallest absolute Gasteiger partial charge is 0.140 e. The molecular formula is C11H13FN2. The first kappa shape index (κ1) is 10.7. The van der Waals surface area contributed by atoms with Gasteiger partial charge in [-0.05, 0) is 38.6 Å². The fraction of sp³-hybridized carbons (Fsp3) is 0.364. The van der Waals surface area contributed by atoms with Gasteiger partial charge < -0.3 is 5.32 Å². The average molecular weight is 192 g/mol. The summed E-state index contributed by atoms with van der Waals surface area (Å²) in [7, 11) is 1.83. The fourth-order valence-electron chi connectivity index (χ4n) is 1.14. The Morgan fingerprint density at radius 2 is 2.07 bits per heavy atom. The third-order valence-corrected chi connectivity index (χ3v) is 2.43. The second-order valence-corrected chi connectivity index (χ2v) is 3.68. The van der Waals surface area contributed by atoms with Crippen LogP contribution < -0.4 is 5.32 Å². The number of nitrogens with zero attached hydrogens (tertiary/aromatic N) is 1. The van der Waals surface area contributed by atoms with Crippen molar-refractivity contribution >= 4 is 0 Å². The van der Waals surface area contributed by atoms with Gasteiger partial charge in [0, 0.05) is 5.54 Å². The lowest BCUT2D eigenvalue weighted by Crippen LogP contribution is -2.33. The second-order valence-electron chi connectivity index (χ2n) is 3.68. The molecule has 0 aliphatic heterocycles. The van der Waals surface area contributed by atoms with Crippen LogP contribution in [0.3, 0.4) is 0 Å². The summed E-state index contributed by atoms with van der Waals surface area (Å²) in [6, 6.07) is 6.42. The number of nitrogens with one attached hydrogen (secondary N) is 1. The molecule has 0 aromatic heterocycles. The van der Waals surface area contributed by atoms with Crippen LogP contribution in [0.1, 0.15) is 25.0 Å². The largest absolute Gasteiger partial charge is 0.311 e. The van der Waals surface area contributed by atoms with Gasteiger partial charge in [0.25, 0.3) is 0 Å². The minimum absolute atomic E-state index is 0.0887. The molecule has 0 aliphatic rings. The van der Waals surface area contributed by atoms with E-state index >= 15 is 0 Å². The van der Waals surface area contributed by atoms with Crippen molar-refractivity contribution in [2.24, 2.45) is 0 Å². The van der Waals surface area contributed by atoms with E-state index in [1.165, 1.54) is 6.07 Å². The van der Waals surface area contributed by atoms with Crippen LogP contribution in [0.25, 0.3) is 0 Å². The van der Waals surface area contributed by atoms with Gasteiger partial charge in [0.15, 0.2) is 0 Å². The molecule has 0 saturated carbocycles. The van der Waals surface area contributed by atoms with Gasteiger partial charge in [0.2, 0.25) is 0 Å². The van der Waals surface area contributed by atoms with E-state index in [0.29, 0.717) is 0 Å². The zero-order chi connectivity index (χ0) is 10.8. The lowest BCUT2D eigenvalue weighted by atomic mass is 9.93. The van der Waals surface area contributed by atoms with E-state index in [0.717, 1.165) is 5.56 Å². The van der Waals surface area contributed by atoms with Gasteiger partial charge in [0.1, 0.15) is 11.9 Å². The van der Waals surface area contributed by atoms with E-state index in [9.17, 15) is 4.39 Å². The molecule has 1 aromatic carbocycles. The Kier molecular flexibility index (Phi) is 2.87. The molecular weight excluding hydrogens is 179 g/mol. The maximum Gasteiger partial charge on any atom is 0.140 e. The summed E-state index contributed by atoms with van der Waals surface area (Å²) < 4.78 is 13.0. The van der Waals surface area contributed by atoms with Crippen molar-refractivity contribution in [3.63, 3.8) is 0 Å². The molecule has 0 spiro atoms. The van der Waals surface area contributed by atoms with Crippen molar-refractivity contribution in [3.05, 3.63) is 35.1 Å². The van der Waals surface area contributed by atoms with E-state index in [4.69, 9.17) is 5.26 Å². The highest BCUT2D eigenvalue weighted by atomic mass is 19.1. The van der Waals surface area contributed by atoms with E-state index in [1.807, 2.05) is 27.0 Å². The van der Waals surface area contributed by atoms with Gasteiger partial charge in [-0.3, -0.25) is 0 Å². The lowest BCUT2D eigenvalue weighted by Gasteiger charge is -2.24. The lowest BCUT2D eigenvalue weighted by molar-refractivity contribution is 0.443. The average Bonchev–Trinajstić information content (AvgIpc) is 2.18. The van der Waals surface area contributed by atoms with Crippen molar-refractivity contribution in [1.82, 2.24) is 5.32 Å². The van der Waals surface area contributed by atoms with Crippen LogP contribution in [0, 0.1) is 17.1 Å². The Labute approximate surface area is 83.4 Å². The summed E-state index contributed by atoms with van der Waals surface area (Å²) in [5, 5.41) is 11.8. The molecule has 2 nitrogen and oxygen atoms in total. The fourth-order valence-corrected chi connectivity index (χ4v) is 1.14. The van der Waals surface area contributed by atoms with Crippen LogP contribution in [-0.4, -0.2) is 7.05 Å². The molecule has 74 valence electrons. The molecule has 0 unspecified atom stereocenters. The van der Waals surface area contributed by atoms with Gasteiger partial charge in [-0.1, -0.05) is 6.07 Å². The number of hydrogen-bond donors (Lipinski definition) is 1. The molecule has 3 heteroatoms. The van der Waals surface area contributed by atoms with Crippen molar-refractivity contribution in [2.45, 2.75) is 19.4 Å². The number of benzene rings is 1. The quantitative estimate of drug-likeness (QED) is 0.779. The molecule has 0 radical (unpaired) electrons. The monoisotopic (exact) mass is 192 g/mol. The molecule has 0 bridgehead atoms. The molecule has 0 heterocycles. The number of nitriles is 1. The van der Waals surface area contributed by atoms with E-state index in [-0.39, 0.29) is 11.1 Å². The maximum atomic E-state index is 13.0. The predicted molar refractivity (Wildman–Crippen MR) is 53.2 cm³/mol. The first-order chi connectivity index (χ1) is 6.51. The van der Waals surface area contributed by atoms with Gasteiger partial charge >= 0.3 is 0 Å². The minimum Gasteiger partial charge on any atom is -0.311 e. The number of rotatable bonds is 2. The second kappa shape index (κ2) is 3.77. The molecule has 1 N–H and O–H groups in total. The normalized spacial score (nSPS) is 11.1. The van der Waals surface area contributed by atoms with Crippen LogP contribution in [-0.2, 0) is 5.54 Å². The molecule has 0 amide bonds. The molecule has 1 rings (SSSR count). The summed E-state index contributed by atoms with van der Waals surface area (Å²) in [6.45, 7) is 3.95. The highest BCUT2D eigenvalue weighted by Crippen LogP contribution is 2.21. The van der Waals surface area contributed by atoms with Gasteiger partial charge in [-0.15, -0.1) is 0 Å². The zero-order valence-corrected chi connectivity index (χ0v) is 8.56. The summed E-state index contributed by atoms with van der Waals surface area (Å²) >= 11 is 0. The minimum atomic E-state index is -0.469. The summed E-state index contributed by atoms with van der Waals surface area (Å²) in [4.78, 5) is 0. The van der Waals surface area contributed by atoms with Gasteiger partial charge in [-0.25, -0.2) is 4.39 Å². The van der Waals surface area contributed by atoms with E-state index < -0.39 is 5.82 Å². The molecule has 0 atom stereocenters. The summed E-state index contributed by atoms with van der Waals surface area (Å²) in [6.07, 6.45) is 0. The first-order valence-corrected chi connectivity index (χ1v) is 4.40. The van der Waals surface area contributed by atoms with E-state index in [2.05, 4.69) is 5.32 Å². The summed E-state index contributed by atoms with van der Waals surface area (Å²) in [5.41, 5.74) is 0.739. The Hall–Kier alpha value is -1.40. The van der Waals surface area contributed by atoms with Crippen molar-refractivity contribution in [1.29, 1.82) is 5.26 Å². The highest BCUT2D eigenvalue weighted by molar-refractivity contribution is 5.37. The third kappa shape index (κ3) is 1.91. The molecule has 0 aliphatic carbocycles. The Morgan fingerprint density at radius 1 is 1.43 bits per heavy atom. The van der Waals surface area contributed by atoms with Crippen LogP contribution in [0.4, 0.5) is 4.39 Å². The summed E-state index contributed by atoms with van der Waals surface area (Å²) in [5.74, 6) is -0.469. The Bertz CT molecular complexity index is 377. The number of halogens is 1. The molecule has 0 fully saturated rings. The van der Waals surface area contributed by atoms with Gasteiger partial charge in [-0.2, -0.15) is 5.26 Å².